The summed E-state index contributed by atoms with van der Waals surface area (Å²) in [4.78, 5) is 0. The van der Waals surface area contributed by atoms with Crippen LogP contribution in [0, 0.1) is 17.8 Å². The van der Waals surface area contributed by atoms with Crippen molar-refractivity contribution in [3.63, 3.8) is 0 Å². The van der Waals surface area contributed by atoms with Gasteiger partial charge in [-0.25, -0.2) is 0 Å². The van der Waals surface area contributed by atoms with Crippen molar-refractivity contribution in [2.24, 2.45) is 17.8 Å². The average Bonchev–Trinajstić information content (AvgIpc) is 1.93. The van der Waals surface area contributed by atoms with E-state index in [0.29, 0.717) is 4.75 Å². The number of thiol groups is 1. The highest BCUT2D eigenvalue weighted by molar-refractivity contribution is 7.82. The van der Waals surface area contributed by atoms with Gasteiger partial charge >= 0.3 is 0 Å². The van der Waals surface area contributed by atoms with Crippen LogP contribution in [-0.2, 0) is 0 Å². The zero-order chi connectivity index (χ0) is 7.35. The summed E-state index contributed by atoms with van der Waals surface area (Å²) in [5.74, 6) is 2.77. The molecular weight excluding hydrogens is 140 g/mol. The Morgan fingerprint density at radius 3 is 2.40 bits per heavy atom. The Morgan fingerprint density at radius 1 is 1.30 bits per heavy atom. The lowest BCUT2D eigenvalue weighted by atomic mass is 9.53. The summed E-state index contributed by atoms with van der Waals surface area (Å²) < 4.78 is 0.433. The highest BCUT2D eigenvalue weighted by Crippen LogP contribution is 2.59. The molecule has 3 aliphatic rings. The van der Waals surface area contributed by atoms with Gasteiger partial charge in [0.15, 0.2) is 0 Å². The highest BCUT2D eigenvalue weighted by atomic mass is 32.1. The Hall–Kier alpha value is 0.350. The van der Waals surface area contributed by atoms with Crippen LogP contribution < -0.4 is 0 Å². The molecule has 3 saturated carbocycles. The van der Waals surface area contributed by atoms with Crippen molar-refractivity contribution < 1.29 is 0 Å². The fraction of sp³-hybridized carbons (Fsp3) is 1.00. The maximum Gasteiger partial charge on any atom is 0.0186 e. The van der Waals surface area contributed by atoms with Crippen LogP contribution in [0.5, 0.6) is 0 Å². The molecule has 0 aromatic rings. The second kappa shape index (κ2) is 1.94. The molecule has 0 aliphatic heterocycles. The molecule has 10 heavy (non-hydrogen) atoms. The van der Waals surface area contributed by atoms with Gasteiger partial charge in [-0.2, -0.15) is 12.6 Å². The van der Waals surface area contributed by atoms with Crippen molar-refractivity contribution in [1.29, 1.82) is 0 Å². The topological polar surface area (TPSA) is 0 Å². The molecule has 58 valence electrons. The van der Waals surface area contributed by atoms with Gasteiger partial charge in [0.2, 0.25) is 0 Å². The van der Waals surface area contributed by atoms with Gasteiger partial charge in [-0.15, -0.1) is 0 Å². The van der Waals surface area contributed by atoms with E-state index >= 15 is 0 Å². The molecule has 3 fully saturated rings. The molecule has 2 bridgehead atoms. The third kappa shape index (κ3) is 0.650. The maximum absolute atomic E-state index is 4.77. The van der Waals surface area contributed by atoms with Crippen molar-refractivity contribution in [2.45, 2.75) is 37.9 Å². The van der Waals surface area contributed by atoms with E-state index in [9.17, 15) is 0 Å². The normalized spacial score (nSPS) is 59.7. The van der Waals surface area contributed by atoms with Crippen molar-refractivity contribution in [3.05, 3.63) is 0 Å². The smallest absolute Gasteiger partial charge is 0.0186 e. The van der Waals surface area contributed by atoms with Gasteiger partial charge in [0.1, 0.15) is 0 Å². The number of hydrogen-bond donors (Lipinski definition) is 1. The summed E-state index contributed by atoms with van der Waals surface area (Å²) in [5.41, 5.74) is 0. The molecule has 0 spiro atoms. The van der Waals surface area contributed by atoms with Gasteiger partial charge in [0, 0.05) is 4.75 Å². The van der Waals surface area contributed by atoms with E-state index in [-0.39, 0.29) is 0 Å². The van der Waals surface area contributed by atoms with Crippen molar-refractivity contribution in [1.82, 2.24) is 0 Å². The molecule has 0 aromatic carbocycles. The first-order valence-electron chi connectivity index (χ1n) is 4.37. The molecule has 4 unspecified atom stereocenters. The van der Waals surface area contributed by atoms with Crippen LogP contribution in [0.4, 0.5) is 0 Å². The van der Waals surface area contributed by atoms with E-state index in [1.165, 1.54) is 19.3 Å². The third-order valence-corrected chi connectivity index (χ3v) is 4.94. The summed E-state index contributed by atoms with van der Waals surface area (Å²) in [6, 6.07) is 0. The lowest BCUT2D eigenvalue weighted by Gasteiger charge is -2.59. The lowest BCUT2D eigenvalue weighted by Crippen LogP contribution is -2.56. The van der Waals surface area contributed by atoms with Crippen LogP contribution in [-0.4, -0.2) is 4.75 Å². The Balaban J connectivity index is 2.18. The predicted molar refractivity (Wildman–Crippen MR) is 47.4 cm³/mol. The molecule has 0 radical (unpaired) electrons. The quantitative estimate of drug-likeness (QED) is 0.512. The van der Waals surface area contributed by atoms with Crippen molar-refractivity contribution in [3.8, 4) is 0 Å². The van der Waals surface area contributed by atoms with E-state index in [1.54, 1.807) is 0 Å². The van der Waals surface area contributed by atoms with Gasteiger partial charge in [-0.1, -0.05) is 13.8 Å². The van der Waals surface area contributed by atoms with Gasteiger partial charge in [-0.05, 0) is 37.0 Å². The predicted octanol–water partition coefficient (Wildman–Crippen LogP) is 2.74. The summed E-state index contributed by atoms with van der Waals surface area (Å²) in [6.45, 7) is 4.73. The van der Waals surface area contributed by atoms with Gasteiger partial charge in [0.25, 0.3) is 0 Å². The highest BCUT2D eigenvalue weighted by Gasteiger charge is 2.54. The zero-order valence-electron chi connectivity index (χ0n) is 6.80. The van der Waals surface area contributed by atoms with Gasteiger partial charge < -0.3 is 0 Å². The summed E-state index contributed by atoms with van der Waals surface area (Å²) in [5, 5.41) is 0. The lowest BCUT2D eigenvalue weighted by molar-refractivity contribution is 0.0175. The Labute approximate surface area is 68.8 Å². The first-order chi connectivity index (χ1) is 4.64. The molecule has 0 aromatic heterocycles. The van der Waals surface area contributed by atoms with E-state index in [4.69, 9.17) is 12.6 Å². The molecule has 0 heterocycles. The van der Waals surface area contributed by atoms with Crippen LogP contribution >= 0.6 is 12.6 Å². The summed E-state index contributed by atoms with van der Waals surface area (Å²) >= 11 is 4.77. The summed E-state index contributed by atoms with van der Waals surface area (Å²) in [6.07, 6.45) is 4.27. The average molecular weight is 156 g/mol. The molecule has 3 aliphatic carbocycles. The Bertz CT molecular complexity index is 149. The van der Waals surface area contributed by atoms with E-state index in [2.05, 4.69) is 13.8 Å². The Morgan fingerprint density at radius 2 is 2.00 bits per heavy atom. The number of hydrogen-bond acceptors (Lipinski definition) is 1. The van der Waals surface area contributed by atoms with E-state index in [1.807, 2.05) is 0 Å². The maximum atomic E-state index is 4.77. The molecular formula is C9H16S. The van der Waals surface area contributed by atoms with Crippen LogP contribution in [0.25, 0.3) is 0 Å². The minimum atomic E-state index is 0.433. The van der Waals surface area contributed by atoms with Crippen LogP contribution in [0.15, 0.2) is 0 Å². The molecule has 4 atom stereocenters. The zero-order valence-corrected chi connectivity index (χ0v) is 7.70. The molecule has 3 rings (SSSR count). The number of rotatable bonds is 0. The molecule has 1 heteroatoms. The molecule has 0 amide bonds. The van der Waals surface area contributed by atoms with Gasteiger partial charge in [-0.3, -0.25) is 0 Å². The fourth-order valence-corrected chi connectivity index (χ4v) is 3.32. The third-order valence-electron chi connectivity index (χ3n) is 3.91. The second-order valence-electron chi connectivity index (χ2n) is 4.22. The van der Waals surface area contributed by atoms with Crippen LogP contribution in [0.1, 0.15) is 33.1 Å². The number of fused-ring (bicyclic) bond motifs is 2. The molecule has 0 saturated heterocycles. The standard InChI is InChI=1S/C9H16S/c1-6-3-4-8-5-9(6,10)7(8)2/h6-8,10H,3-5H2,1-2H3. The van der Waals surface area contributed by atoms with Crippen molar-refractivity contribution >= 4 is 12.6 Å². The Kier molecular flexibility index (Phi) is 1.36. The van der Waals surface area contributed by atoms with Gasteiger partial charge in [0.05, 0.1) is 0 Å². The van der Waals surface area contributed by atoms with Crippen LogP contribution in [0.2, 0.25) is 0 Å². The first kappa shape index (κ1) is 7.02. The van der Waals surface area contributed by atoms with Crippen molar-refractivity contribution in [2.75, 3.05) is 0 Å². The largest absolute Gasteiger partial charge is 0.172 e. The molecule has 0 N–H and O–H groups in total. The van der Waals surface area contributed by atoms with E-state index < -0.39 is 0 Å². The SMILES string of the molecule is CC1CCC2CC1(S)C2C. The van der Waals surface area contributed by atoms with E-state index in [0.717, 1.165) is 17.8 Å². The summed E-state index contributed by atoms with van der Waals surface area (Å²) in [7, 11) is 0. The monoisotopic (exact) mass is 156 g/mol. The molecule has 0 nitrogen and oxygen atoms in total. The minimum absolute atomic E-state index is 0.433. The minimum Gasteiger partial charge on any atom is -0.172 e. The fourth-order valence-electron chi connectivity index (χ4n) is 2.75. The first-order valence-corrected chi connectivity index (χ1v) is 4.81. The van der Waals surface area contributed by atoms with Crippen LogP contribution in [0.3, 0.4) is 0 Å². The second-order valence-corrected chi connectivity index (χ2v) is 5.06.